The van der Waals surface area contributed by atoms with E-state index in [1.165, 1.54) is 17.8 Å². The first kappa shape index (κ1) is 16.5. The molecule has 1 heterocycles. The van der Waals surface area contributed by atoms with Gasteiger partial charge in [-0.2, -0.15) is 0 Å². The van der Waals surface area contributed by atoms with Crippen molar-refractivity contribution in [1.82, 2.24) is 4.98 Å². The van der Waals surface area contributed by atoms with Gasteiger partial charge in [-0.25, -0.2) is 14.6 Å². The number of nitrogens with one attached hydrogen (secondary N) is 1. The minimum atomic E-state index is -1.25. The number of aryl methyl sites for hydroxylation is 1. The Morgan fingerprint density at radius 2 is 1.74 bits per heavy atom. The minimum Gasteiger partial charge on any atom is -0.478 e. The van der Waals surface area contributed by atoms with Gasteiger partial charge in [-0.3, -0.25) is 0 Å². The van der Waals surface area contributed by atoms with Crippen LogP contribution in [0.25, 0.3) is 0 Å². The Morgan fingerprint density at radius 1 is 1.00 bits per heavy atom. The number of carbonyl (C=O) groups is 2. The molecule has 0 amide bonds. The summed E-state index contributed by atoms with van der Waals surface area (Å²) in [6.07, 6.45) is 3.82. The monoisotopic (exact) mass is 314 g/mol. The molecule has 0 bridgehead atoms. The van der Waals surface area contributed by atoms with E-state index in [1.54, 1.807) is 0 Å². The zero-order chi connectivity index (χ0) is 16.7. The molecule has 0 aliphatic rings. The number of anilines is 1. The average molecular weight is 314 g/mol. The Morgan fingerprint density at radius 3 is 2.39 bits per heavy atom. The molecule has 0 aliphatic carbocycles. The van der Waals surface area contributed by atoms with Gasteiger partial charge in [-0.15, -0.1) is 0 Å². The number of aromatic carboxylic acids is 2. The molecule has 0 radical (unpaired) electrons. The molecule has 0 unspecified atom stereocenters. The topological polar surface area (TPSA) is 99.5 Å². The van der Waals surface area contributed by atoms with Gasteiger partial charge in [0.2, 0.25) is 0 Å². The number of nitrogens with zero attached hydrogens (tertiary/aromatic N) is 1. The summed E-state index contributed by atoms with van der Waals surface area (Å²) in [7, 11) is 0. The van der Waals surface area contributed by atoms with Crippen LogP contribution in [0.1, 0.15) is 39.3 Å². The van der Waals surface area contributed by atoms with Crippen molar-refractivity contribution in [2.75, 3.05) is 11.9 Å². The highest BCUT2D eigenvalue weighted by atomic mass is 16.4. The normalized spacial score (nSPS) is 10.3. The van der Waals surface area contributed by atoms with Gasteiger partial charge in [0, 0.05) is 12.7 Å². The smallest absolute Gasteiger partial charge is 0.356 e. The third-order valence-corrected chi connectivity index (χ3v) is 3.42. The second kappa shape index (κ2) is 7.93. The van der Waals surface area contributed by atoms with Gasteiger partial charge in [-0.1, -0.05) is 30.3 Å². The summed E-state index contributed by atoms with van der Waals surface area (Å²) in [4.78, 5) is 26.1. The minimum absolute atomic E-state index is 0.0622. The quantitative estimate of drug-likeness (QED) is 0.648. The highest BCUT2D eigenvalue weighted by molar-refractivity contribution is 6.01. The maximum absolute atomic E-state index is 11.2. The Bertz CT molecular complexity index is 654. The number of hydrogen-bond donors (Lipinski definition) is 3. The molecule has 2 aromatic rings. The maximum Gasteiger partial charge on any atom is 0.356 e. The van der Waals surface area contributed by atoms with E-state index in [0.717, 1.165) is 19.3 Å². The predicted octanol–water partition coefficient (Wildman–Crippen LogP) is 2.91. The van der Waals surface area contributed by atoms with Crippen molar-refractivity contribution in [3.05, 3.63) is 59.4 Å². The van der Waals surface area contributed by atoms with Gasteiger partial charge in [0.1, 0.15) is 0 Å². The summed E-state index contributed by atoms with van der Waals surface area (Å²) in [6, 6.07) is 11.3. The third kappa shape index (κ3) is 4.54. The van der Waals surface area contributed by atoms with E-state index in [1.807, 2.05) is 18.2 Å². The van der Waals surface area contributed by atoms with Crippen LogP contribution in [-0.2, 0) is 6.42 Å². The summed E-state index contributed by atoms with van der Waals surface area (Å²) in [5.41, 5.74) is 0.951. The summed E-state index contributed by atoms with van der Waals surface area (Å²) >= 11 is 0. The molecule has 1 aromatic heterocycles. The fraction of sp³-hybridized carbons (Fsp3) is 0.235. The van der Waals surface area contributed by atoms with Gasteiger partial charge in [0.05, 0.1) is 11.3 Å². The number of carboxylic acids is 2. The Balaban J connectivity index is 1.94. The van der Waals surface area contributed by atoms with Crippen molar-refractivity contribution in [2.24, 2.45) is 0 Å². The molecule has 6 nitrogen and oxygen atoms in total. The van der Waals surface area contributed by atoms with Crippen molar-refractivity contribution in [3.63, 3.8) is 0 Å². The molecule has 0 spiro atoms. The Hall–Kier alpha value is -2.89. The first-order valence-corrected chi connectivity index (χ1v) is 7.33. The molecule has 3 N–H and O–H groups in total. The van der Waals surface area contributed by atoms with Gasteiger partial charge >= 0.3 is 11.9 Å². The fourth-order valence-corrected chi connectivity index (χ4v) is 2.29. The SMILES string of the molecule is O=C(O)c1ccnc(C(=O)O)c1NCCCCc1ccccc1. The first-order chi connectivity index (χ1) is 11.1. The molecule has 23 heavy (non-hydrogen) atoms. The lowest BCUT2D eigenvalue weighted by Gasteiger charge is -2.11. The van der Waals surface area contributed by atoms with E-state index in [9.17, 15) is 9.59 Å². The molecule has 2 rings (SSSR count). The van der Waals surface area contributed by atoms with Crippen molar-refractivity contribution >= 4 is 17.6 Å². The lowest BCUT2D eigenvalue weighted by molar-refractivity contribution is 0.0691. The van der Waals surface area contributed by atoms with E-state index in [-0.39, 0.29) is 16.9 Å². The van der Waals surface area contributed by atoms with E-state index in [2.05, 4.69) is 22.4 Å². The van der Waals surface area contributed by atoms with Gasteiger partial charge in [-0.05, 0) is 30.9 Å². The lowest BCUT2D eigenvalue weighted by Crippen LogP contribution is -2.14. The highest BCUT2D eigenvalue weighted by Crippen LogP contribution is 2.19. The summed E-state index contributed by atoms with van der Waals surface area (Å²) < 4.78 is 0. The van der Waals surface area contributed by atoms with Crippen molar-refractivity contribution in [2.45, 2.75) is 19.3 Å². The average Bonchev–Trinajstić information content (AvgIpc) is 2.55. The number of rotatable bonds is 8. The molecule has 0 fully saturated rings. The van der Waals surface area contributed by atoms with Crippen LogP contribution in [-0.4, -0.2) is 33.7 Å². The first-order valence-electron chi connectivity index (χ1n) is 7.33. The molecule has 120 valence electrons. The van der Waals surface area contributed by atoms with Crippen molar-refractivity contribution in [1.29, 1.82) is 0 Å². The second-order valence-corrected chi connectivity index (χ2v) is 5.06. The number of aromatic nitrogens is 1. The van der Waals surface area contributed by atoms with Crippen molar-refractivity contribution in [3.8, 4) is 0 Å². The molecule has 6 heteroatoms. The highest BCUT2D eigenvalue weighted by Gasteiger charge is 2.19. The number of carboxylic acid groups (broad SMARTS) is 2. The van der Waals surface area contributed by atoms with Crippen LogP contribution in [0.15, 0.2) is 42.6 Å². The Kier molecular flexibility index (Phi) is 5.68. The van der Waals surface area contributed by atoms with Crippen LogP contribution in [0.2, 0.25) is 0 Å². The summed E-state index contributed by atoms with van der Waals surface area (Å²) in [6.45, 7) is 0.485. The predicted molar refractivity (Wildman–Crippen MR) is 86.0 cm³/mol. The second-order valence-electron chi connectivity index (χ2n) is 5.06. The molecule has 0 atom stereocenters. The zero-order valence-electron chi connectivity index (χ0n) is 12.5. The number of unbranched alkanes of at least 4 members (excludes halogenated alkanes) is 1. The molecular weight excluding hydrogens is 296 g/mol. The molecular formula is C17H18N2O4. The van der Waals surface area contributed by atoms with Crippen LogP contribution >= 0.6 is 0 Å². The van der Waals surface area contributed by atoms with E-state index in [4.69, 9.17) is 10.2 Å². The van der Waals surface area contributed by atoms with Crippen LogP contribution in [0.4, 0.5) is 5.69 Å². The zero-order valence-corrected chi connectivity index (χ0v) is 12.5. The van der Waals surface area contributed by atoms with Crippen LogP contribution in [0.5, 0.6) is 0 Å². The van der Waals surface area contributed by atoms with Crippen LogP contribution < -0.4 is 5.32 Å². The Labute approximate surface area is 133 Å². The standard InChI is InChI=1S/C17H18N2O4/c20-16(21)13-9-11-19-15(17(22)23)14(13)18-10-5-4-8-12-6-2-1-3-7-12/h1-3,6-7,9,11,18H,4-5,8,10H2,(H,20,21)(H,22,23). The van der Waals surface area contributed by atoms with Crippen LogP contribution in [0.3, 0.4) is 0 Å². The van der Waals surface area contributed by atoms with Crippen molar-refractivity contribution < 1.29 is 19.8 Å². The largest absolute Gasteiger partial charge is 0.478 e. The lowest BCUT2D eigenvalue weighted by atomic mass is 10.1. The summed E-state index contributed by atoms with van der Waals surface area (Å²) in [5, 5.41) is 21.2. The van der Waals surface area contributed by atoms with Crippen LogP contribution in [0, 0.1) is 0 Å². The number of hydrogen-bond acceptors (Lipinski definition) is 4. The van der Waals surface area contributed by atoms with Gasteiger partial charge < -0.3 is 15.5 Å². The van der Waals surface area contributed by atoms with E-state index >= 15 is 0 Å². The molecule has 0 aliphatic heterocycles. The van der Waals surface area contributed by atoms with E-state index < -0.39 is 11.9 Å². The maximum atomic E-state index is 11.2. The van der Waals surface area contributed by atoms with Gasteiger partial charge in [0.15, 0.2) is 5.69 Å². The third-order valence-electron chi connectivity index (χ3n) is 3.42. The number of benzene rings is 1. The number of pyridine rings is 1. The summed E-state index contributed by atoms with van der Waals surface area (Å²) in [5.74, 6) is -2.43. The van der Waals surface area contributed by atoms with Gasteiger partial charge in [0.25, 0.3) is 0 Å². The fourth-order valence-electron chi connectivity index (χ4n) is 2.29. The van der Waals surface area contributed by atoms with E-state index in [0.29, 0.717) is 6.54 Å². The molecule has 1 aromatic carbocycles. The molecule has 0 saturated carbocycles. The molecule has 0 saturated heterocycles.